The zero-order valence-corrected chi connectivity index (χ0v) is 15.5. The minimum Gasteiger partial charge on any atom is -0.494 e. The summed E-state index contributed by atoms with van der Waals surface area (Å²) in [5.74, 6) is 1.06. The highest BCUT2D eigenvalue weighted by Gasteiger charge is 2.47. The summed E-state index contributed by atoms with van der Waals surface area (Å²) in [6.45, 7) is 12.5. The third kappa shape index (κ3) is 2.80. The van der Waals surface area contributed by atoms with Gasteiger partial charge in [0.25, 0.3) is 0 Å². The molecule has 0 amide bonds. The van der Waals surface area contributed by atoms with E-state index in [0.29, 0.717) is 6.61 Å². The van der Waals surface area contributed by atoms with Crippen molar-refractivity contribution < 1.29 is 9.84 Å². The first-order valence-corrected chi connectivity index (χ1v) is 9.19. The zero-order chi connectivity index (χ0) is 16.9. The molecular weight excluding hydrogens is 284 g/mol. The van der Waals surface area contributed by atoms with E-state index >= 15 is 0 Å². The van der Waals surface area contributed by atoms with Gasteiger partial charge in [0.1, 0.15) is 5.75 Å². The van der Waals surface area contributed by atoms with Gasteiger partial charge in [-0.3, -0.25) is 0 Å². The summed E-state index contributed by atoms with van der Waals surface area (Å²) in [6, 6.07) is 4.76. The third-order valence-electron chi connectivity index (χ3n) is 6.27. The predicted molar refractivity (Wildman–Crippen MR) is 95.5 cm³/mol. The summed E-state index contributed by atoms with van der Waals surface area (Å²) in [5.41, 5.74) is 4.89. The Balaban J connectivity index is 2.18. The van der Waals surface area contributed by atoms with Gasteiger partial charge in [-0.15, -0.1) is 0 Å². The number of hydrogen-bond donors (Lipinski definition) is 1. The predicted octanol–water partition coefficient (Wildman–Crippen LogP) is 4.85. The fourth-order valence-electron chi connectivity index (χ4n) is 4.30. The Morgan fingerprint density at radius 1 is 0.913 bits per heavy atom. The number of fused-ring (bicyclic) bond motifs is 1. The fraction of sp³-hybridized carbons (Fsp3) is 0.714. The first-order valence-electron chi connectivity index (χ1n) is 9.19. The second kappa shape index (κ2) is 5.51. The van der Waals surface area contributed by atoms with Gasteiger partial charge in [-0.05, 0) is 67.1 Å². The number of aliphatic hydroxyl groups is 1. The quantitative estimate of drug-likeness (QED) is 0.841. The molecule has 1 aromatic carbocycles. The largest absolute Gasteiger partial charge is 0.494 e. The smallest absolute Gasteiger partial charge is 0.123 e. The van der Waals surface area contributed by atoms with Crippen molar-refractivity contribution in [3.8, 4) is 5.75 Å². The molecule has 0 heterocycles. The molecule has 0 spiro atoms. The second-order valence-electron chi connectivity index (χ2n) is 8.85. The molecule has 3 rings (SSSR count). The maximum Gasteiger partial charge on any atom is 0.123 e. The van der Waals surface area contributed by atoms with E-state index in [0.717, 1.165) is 12.2 Å². The lowest BCUT2D eigenvalue weighted by Crippen LogP contribution is -2.34. The van der Waals surface area contributed by atoms with E-state index in [1.807, 2.05) is 0 Å². The van der Waals surface area contributed by atoms with Gasteiger partial charge in [-0.25, -0.2) is 0 Å². The average molecular weight is 316 g/mol. The van der Waals surface area contributed by atoms with E-state index in [1.54, 1.807) is 0 Å². The minimum absolute atomic E-state index is 0.159. The average Bonchev–Trinajstić information content (AvgIpc) is 3.25. The number of aliphatic hydroxyl groups excluding tert-OH is 1. The first-order chi connectivity index (χ1) is 10.8. The normalized spacial score (nSPS) is 23.2. The summed E-state index contributed by atoms with van der Waals surface area (Å²) in [4.78, 5) is 0. The molecule has 0 aromatic heterocycles. The number of hydrogen-bond acceptors (Lipinski definition) is 2. The zero-order valence-electron chi connectivity index (χ0n) is 15.5. The molecule has 128 valence electrons. The second-order valence-corrected chi connectivity index (χ2v) is 8.85. The molecule has 2 aliphatic rings. The van der Waals surface area contributed by atoms with E-state index < -0.39 is 0 Å². The summed E-state index contributed by atoms with van der Waals surface area (Å²) in [7, 11) is 0. The fourth-order valence-corrected chi connectivity index (χ4v) is 4.30. The van der Waals surface area contributed by atoms with Gasteiger partial charge in [0, 0.05) is 17.6 Å². The highest BCUT2D eigenvalue weighted by atomic mass is 16.5. The highest BCUT2D eigenvalue weighted by Crippen LogP contribution is 2.56. The summed E-state index contributed by atoms with van der Waals surface area (Å²) in [5, 5.41) is 9.51. The van der Waals surface area contributed by atoms with Crippen LogP contribution in [0.25, 0.3) is 0 Å². The van der Waals surface area contributed by atoms with Gasteiger partial charge in [-0.1, -0.05) is 33.8 Å². The SMILES string of the molecule is CCOc1cc2c(cc1C1(CCO)CC1)C(C)(C)CCC2(C)C. The van der Waals surface area contributed by atoms with E-state index in [1.165, 1.54) is 42.4 Å². The lowest BCUT2D eigenvalue weighted by Gasteiger charge is -2.42. The maximum atomic E-state index is 9.51. The van der Waals surface area contributed by atoms with Crippen LogP contribution in [-0.4, -0.2) is 18.3 Å². The van der Waals surface area contributed by atoms with E-state index in [-0.39, 0.29) is 22.9 Å². The third-order valence-corrected chi connectivity index (χ3v) is 6.27. The molecule has 0 saturated heterocycles. The first kappa shape index (κ1) is 16.8. The van der Waals surface area contributed by atoms with Crippen LogP contribution in [0.4, 0.5) is 0 Å². The number of benzene rings is 1. The maximum absolute atomic E-state index is 9.51. The molecule has 2 nitrogen and oxygen atoms in total. The van der Waals surface area contributed by atoms with Crippen LogP contribution in [0, 0.1) is 0 Å². The van der Waals surface area contributed by atoms with Crippen molar-refractivity contribution in [1.29, 1.82) is 0 Å². The summed E-state index contributed by atoms with van der Waals surface area (Å²) in [6.07, 6.45) is 5.66. The molecule has 0 bridgehead atoms. The Morgan fingerprint density at radius 3 is 1.96 bits per heavy atom. The Hall–Kier alpha value is -1.02. The van der Waals surface area contributed by atoms with Crippen LogP contribution in [0.1, 0.15) is 83.4 Å². The van der Waals surface area contributed by atoms with Gasteiger partial charge in [-0.2, -0.15) is 0 Å². The van der Waals surface area contributed by atoms with Crippen molar-refractivity contribution in [2.75, 3.05) is 13.2 Å². The molecule has 1 fully saturated rings. The Morgan fingerprint density at radius 2 is 1.48 bits per heavy atom. The van der Waals surface area contributed by atoms with Crippen molar-refractivity contribution >= 4 is 0 Å². The van der Waals surface area contributed by atoms with Crippen LogP contribution >= 0.6 is 0 Å². The van der Waals surface area contributed by atoms with Crippen molar-refractivity contribution in [1.82, 2.24) is 0 Å². The van der Waals surface area contributed by atoms with E-state index in [9.17, 15) is 5.11 Å². The van der Waals surface area contributed by atoms with Crippen molar-refractivity contribution in [3.63, 3.8) is 0 Å². The van der Waals surface area contributed by atoms with Gasteiger partial charge in [0.15, 0.2) is 0 Å². The van der Waals surface area contributed by atoms with Crippen LogP contribution in [-0.2, 0) is 16.2 Å². The molecular formula is C21H32O2. The number of rotatable bonds is 5. The van der Waals surface area contributed by atoms with Crippen LogP contribution in [0.3, 0.4) is 0 Å². The standard InChI is InChI=1S/C21H32O2/c1-6-23-18-14-16-15(19(2,3)7-8-20(16,4)5)13-17(18)21(9-10-21)11-12-22/h13-14,22H,6-12H2,1-5H3. The molecule has 23 heavy (non-hydrogen) atoms. The van der Waals surface area contributed by atoms with Crippen molar-refractivity contribution in [2.24, 2.45) is 0 Å². The summed E-state index contributed by atoms with van der Waals surface area (Å²) >= 11 is 0. The lowest BCUT2D eigenvalue weighted by molar-refractivity contribution is 0.266. The Bertz CT molecular complexity index is 594. The molecule has 0 aliphatic heterocycles. The molecule has 1 N–H and O–H groups in total. The monoisotopic (exact) mass is 316 g/mol. The van der Waals surface area contributed by atoms with Crippen molar-refractivity contribution in [3.05, 3.63) is 28.8 Å². The van der Waals surface area contributed by atoms with Gasteiger partial charge in [0.2, 0.25) is 0 Å². The van der Waals surface area contributed by atoms with Crippen LogP contribution < -0.4 is 4.74 Å². The number of ether oxygens (including phenoxy) is 1. The molecule has 2 aliphatic carbocycles. The summed E-state index contributed by atoms with van der Waals surface area (Å²) < 4.78 is 6.06. The molecule has 2 heteroatoms. The lowest BCUT2D eigenvalue weighted by atomic mass is 9.62. The van der Waals surface area contributed by atoms with Crippen molar-refractivity contribution in [2.45, 2.75) is 83.0 Å². The Kier molecular flexibility index (Phi) is 4.03. The van der Waals surface area contributed by atoms with Gasteiger partial charge < -0.3 is 9.84 Å². The molecule has 1 aromatic rings. The topological polar surface area (TPSA) is 29.5 Å². The van der Waals surface area contributed by atoms with Crippen LogP contribution in [0.5, 0.6) is 5.75 Å². The molecule has 0 unspecified atom stereocenters. The van der Waals surface area contributed by atoms with Crippen LogP contribution in [0.2, 0.25) is 0 Å². The molecule has 0 atom stereocenters. The molecule has 0 radical (unpaired) electrons. The van der Waals surface area contributed by atoms with E-state index in [2.05, 4.69) is 46.8 Å². The van der Waals surface area contributed by atoms with Gasteiger partial charge in [0.05, 0.1) is 6.61 Å². The molecule has 1 saturated carbocycles. The Labute approximate surface area is 141 Å². The van der Waals surface area contributed by atoms with Crippen LogP contribution in [0.15, 0.2) is 12.1 Å². The van der Waals surface area contributed by atoms with Gasteiger partial charge >= 0.3 is 0 Å². The minimum atomic E-state index is 0.159. The van der Waals surface area contributed by atoms with E-state index in [4.69, 9.17) is 4.74 Å². The highest BCUT2D eigenvalue weighted by molar-refractivity contribution is 5.54.